The number of benzene rings is 3. The van der Waals surface area contributed by atoms with E-state index < -0.39 is 34.3 Å². The molecule has 0 saturated carbocycles. The van der Waals surface area contributed by atoms with Crippen molar-refractivity contribution in [2.24, 2.45) is 5.41 Å². The Morgan fingerprint density at radius 2 is 1.53 bits per heavy atom. The van der Waals surface area contributed by atoms with Crippen LogP contribution in [-0.2, 0) is 14.4 Å². The van der Waals surface area contributed by atoms with E-state index >= 15 is 0 Å². The second-order valence-corrected chi connectivity index (χ2v) is 8.00. The topological polar surface area (TPSA) is 93.0 Å². The Bertz CT molecular complexity index is 1220. The highest BCUT2D eigenvalue weighted by Crippen LogP contribution is 2.55. The Morgan fingerprint density at radius 1 is 0.906 bits per heavy atom. The maximum absolute atomic E-state index is 13.8. The van der Waals surface area contributed by atoms with Crippen LogP contribution in [-0.4, -0.2) is 22.8 Å². The van der Waals surface area contributed by atoms with Gasteiger partial charge in [0.1, 0.15) is 5.41 Å². The number of para-hydroxylation sites is 1. The van der Waals surface area contributed by atoms with Crippen LogP contribution in [0.3, 0.4) is 0 Å². The summed E-state index contributed by atoms with van der Waals surface area (Å²) in [6, 6.07) is 23.6. The molecule has 0 aromatic heterocycles. The van der Waals surface area contributed by atoms with E-state index in [9.17, 15) is 19.7 Å². The van der Waals surface area contributed by atoms with Gasteiger partial charge in [0, 0.05) is 12.1 Å². The fourth-order valence-corrected chi connectivity index (χ4v) is 4.55. The second-order valence-electron chi connectivity index (χ2n) is 8.00. The number of hydroxylamine groups is 1. The van der Waals surface area contributed by atoms with E-state index in [1.54, 1.807) is 12.0 Å². The van der Waals surface area contributed by atoms with Crippen molar-refractivity contribution in [1.29, 1.82) is 0 Å². The molecule has 8 heteroatoms. The third kappa shape index (κ3) is 2.80. The van der Waals surface area contributed by atoms with E-state index in [2.05, 4.69) is 0 Å². The number of carbonyl (C=O) groups is 2. The van der Waals surface area contributed by atoms with Gasteiger partial charge in [-0.15, -0.1) is 0 Å². The molecule has 0 N–H and O–H groups in total. The minimum Gasteiger partial charge on any atom is -0.273 e. The molecule has 0 radical (unpaired) electrons. The zero-order valence-electron chi connectivity index (χ0n) is 17.1. The number of amides is 2. The molecular weight excluding hydrogens is 410 g/mol. The molecule has 8 nitrogen and oxygen atoms in total. The van der Waals surface area contributed by atoms with E-state index in [1.165, 1.54) is 24.3 Å². The average molecular weight is 429 g/mol. The van der Waals surface area contributed by atoms with Gasteiger partial charge < -0.3 is 0 Å². The molecule has 160 valence electrons. The van der Waals surface area contributed by atoms with E-state index in [0.29, 0.717) is 0 Å². The van der Waals surface area contributed by atoms with Crippen molar-refractivity contribution < 1.29 is 19.3 Å². The van der Waals surface area contributed by atoms with Gasteiger partial charge in [0.2, 0.25) is 5.91 Å². The van der Waals surface area contributed by atoms with Crippen LogP contribution in [0.5, 0.6) is 0 Å². The molecule has 0 spiro atoms. The van der Waals surface area contributed by atoms with Gasteiger partial charge in [-0.2, -0.15) is 0 Å². The summed E-state index contributed by atoms with van der Waals surface area (Å²) in [7, 11) is 0. The van der Waals surface area contributed by atoms with Gasteiger partial charge >= 0.3 is 0 Å². The quantitative estimate of drug-likeness (QED) is 0.353. The third-order valence-electron chi connectivity index (χ3n) is 6.10. The lowest BCUT2D eigenvalue weighted by Gasteiger charge is -2.32. The first-order valence-corrected chi connectivity index (χ1v) is 10.1. The summed E-state index contributed by atoms with van der Waals surface area (Å²) >= 11 is 0. The smallest absolute Gasteiger partial charge is 0.271 e. The molecule has 2 saturated heterocycles. The summed E-state index contributed by atoms with van der Waals surface area (Å²) in [5.74, 6) is -1.00. The number of carbonyl (C=O) groups excluding carboxylic acids is 2. The molecule has 2 heterocycles. The number of hydrogen-bond donors (Lipinski definition) is 0. The summed E-state index contributed by atoms with van der Waals surface area (Å²) in [4.78, 5) is 45.0. The third-order valence-corrected chi connectivity index (χ3v) is 6.10. The molecule has 2 aliphatic heterocycles. The number of hydrogen-bond acceptors (Lipinski definition) is 6. The lowest BCUT2D eigenvalue weighted by Crippen LogP contribution is -2.41. The monoisotopic (exact) mass is 429 g/mol. The minimum atomic E-state index is -1.24. The maximum Gasteiger partial charge on any atom is 0.271 e. The highest BCUT2D eigenvalue weighted by atomic mass is 16.7. The van der Waals surface area contributed by atoms with Crippen LogP contribution >= 0.6 is 0 Å². The maximum atomic E-state index is 13.8. The zero-order valence-corrected chi connectivity index (χ0v) is 17.1. The molecule has 3 aromatic rings. The lowest BCUT2D eigenvalue weighted by molar-refractivity contribution is -0.384. The number of nitrogens with zero attached hydrogens (tertiary/aromatic N) is 3. The number of nitro groups is 1. The SMILES string of the molecule is C[C@@]12C(=O)N(c3cccc([N+](=O)[O-])c3)C(=O)[C@H]1ON(c1ccccc1)[C@@H]2c1ccccc1. The molecule has 3 aromatic carbocycles. The average Bonchev–Trinajstić information content (AvgIpc) is 3.23. The van der Waals surface area contributed by atoms with Crippen molar-refractivity contribution in [3.8, 4) is 0 Å². The number of rotatable bonds is 4. The second kappa shape index (κ2) is 7.28. The number of nitro benzene ring substituents is 1. The van der Waals surface area contributed by atoms with Crippen LogP contribution in [0.4, 0.5) is 17.1 Å². The summed E-state index contributed by atoms with van der Waals surface area (Å²) in [6.45, 7) is 1.72. The number of imide groups is 1. The van der Waals surface area contributed by atoms with Crippen LogP contribution in [0.1, 0.15) is 18.5 Å². The Balaban J connectivity index is 1.63. The van der Waals surface area contributed by atoms with Crippen LogP contribution in [0.15, 0.2) is 84.9 Å². The lowest BCUT2D eigenvalue weighted by atomic mass is 9.76. The van der Waals surface area contributed by atoms with E-state index in [-0.39, 0.29) is 11.4 Å². The van der Waals surface area contributed by atoms with Crippen LogP contribution in [0.2, 0.25) is 0 Å². The molecule has 0 bridgehead atoms. The van der Waals surface area contributed by atoms with Crippen molar-refractivity contribution in [2.45, 2.75) is 19.1 Å². The molecule has 0 unspecified atom stereocenters. The molecule has 2 amide bonds. The van der Waals surface area contributed by atoms with Crippen LogP contribution in [0, 0.1) is 15.5 Å². The number of fused-ring (bicyclic) bond motifs is 1. The van der Waals surface area contributed by atoms with Gasteiger partial charge in [-0.3, -0.25) is 24.5 Å². The highest BCUT2D eigenvalue weighted by Gasteiger charge is 2.68. The van der Waals surface area contributed by atoms with E-state index in [4.69, 9.17) is 4.84 Å². The Labute approximate surface area is 183 Å². The zero-order chi connectivity index (χ0) is 22.5. The standard InChI is InChI=1S/C24H19N3O5/c1-24-20(16-9-4-2-5-10-16)26(17-11-6-3-7-12-17)32-21(24)22(28)25(23(24)29)18-13-8-14-19(15-18)27(30)31/h2-15,20-21H,1H3/t20-,21-,24+/m1/s1. The van der Waals surface area contributed by atoms with Crippen molar-refractivity contribution in [1.82, 2.24) is 0 Å². The number of anilines is 2. The summed E-state index contributed by atoms with van der Waals surface area (Å²) in [6.07, 6.45) is -1.07. The first-order valence-electron chi connectivity index (χ1n) is 10.1. The molecule has 2 aliphatic rings. The first kappa shape index (κ1) is 19.9. The Kier molecular flexibility index (Phi) is 4.53. The van der Waals surface area contributed by atoms with Gasteiger partial charge in [0.15, 0.2) is 6.10 Å². The first-order chi connectivity index (χ1) is 15.4. The van der Waals surface area contributed by atoms with Gasteiger partial charge in [-0.25, -0.2) is 9.96 Å². The molecule has 0 aliphatic carbocycles. The summed E-state index contributed by atoms with van der Waals surface area (Å²) < 4.78 is 0. The fraction of sp³-hybridized carbons (Fsp3) is 0.167. The summed E-state index contributed by atoms with van der Waals surface area (Å²) in [5.41, 5.74) is 0.268. The van der Waals surface area contributed by atoms with Crippen LogP contribution in [0.25, 0.3) is 0 Å². The Hall–Kier alpha value is -4.04. The summed E-state index contributed by atoms with van der Waals surface area (Å²) in [5, 5.41) is 12.8. The molecule has 2 fully saturated rings. The number of non-ortho nitro benzene ring substituents is 1. The van der Waals surface area contributed by atoms with Crippen molar-refractivity contribution in [3.05, 3.63) is 101 Å². The van der Waals surface area contributed by atoms with Gasteiger partial charge in [0.05, 0.1) is 22.3 Å². The fourth-order valence-electron chi connectivity index (χ4n) is 4.55. The molecule has 3 atom stereocenters. The predicted molar refractivity (Wildman–Crippen MR) is 117 cm³/mol. The molecule has 32 heavy (non-hydrogen) atoms. The van der Waals surface area contributed by atoms with E-state index in [1.807, 2.05) is 60.7 Å². The predicted octanol–water partition coefficient (Wildman–Crippen LogP) is 4.04. The van der Waals surface area contributed by atoms with Gasteiger partial charge in [-0.1, -0.05) is 54.6 Å². The largest absolute Gasteiger partial charge is 0.273 e. The van der Waals surface area contributed by atoms with Gasteiger partial charge in [0.25, 0.3) is 11.6 Å². The Morgan fingerprint density at radius 3 is 2.19 bits per heavy atom. The van der Waals surface area contributed by atoms with Crippen molar-refractivity contribution in [3.63, 3.8) is 0 Å². The normalized spacial score (nSPS) is 24.7. The van der Waals surface area contributed by atoms with Gasteiger partial charge in [-0.05, 0) is 30.7 Å². The van der Waals surface area contributed by atoms with E-state index in [0.717, 1.165) is 16.2 Å². The molecule has 5 rings (SSSR count). The van der Waals surface area contributed by atoms with Crippen molar-refractivity contribution >= 4 is 28.9 Å². The highest BCUT2D eigenvalue weighted by molar-refractivity contribution is 6.25. The molecular formula is C24H19N3O5. The van der Waals surface area contributed by atoms with Crippen molar-refractivity contribution in [2.75, 3.05) is 9.96 Å². The van der Waals surface area contributed by atoms with Crippen LogP contribution < -0.4 is 9.96 Å². The minimum absolute atomic E-state index is 0.159.